The van der Waals surface area contributed by atoms with Crippen molar-refractivity contribution in [2.45, 2.75) is 19.0 Å². The maximum atomic E-state index is 13.4. The van der Waals surface area contributed by atoms with E-state index in [0.29, 0.717) is 27.2 Å². The van der Waals surface area contributed by atoms with Gasteiger partial charge in [-0.15, -0.1) is 0 Å². The third-order valence-corrected chi connectivity index (χ3v) is 7.20. The topological polar surface area (TPSA) is 116 Å². The van der Waals surface area contributed by atoms with Gasteiger partial charge < -0.3 is 25.1 Å². The van der Waals surface area contributed by atoms with Crippen LogP contribution in [0.4, 0.5) is 24.5 Å². The average molecular weight is 603 g/mol. The van der Waals surface area contributed by atoms with Crippen LogP contribution in [0.15, 0.2) is 87.1 Å². The van der Waals surface area contributed by atoms with Crippen molar-refractivity contribution >= 4 is 46.6 Å². The molecular formula is C28H22ClF3N4O4S. The van der Waals surface area contributed by atoms with Gasteiger partial charge in [0.05, 0.1) is 58.5 Å². The van der Waals surface area contributed by atoms with Crippen LogP contribution in [0, 0.1) is 11.3 Å². The molecule has 3 N–H and O–H groups in total. The lowest BCUT2D eigenvalue weighted by molar-refractivity contribution is -0.137. The zero-order chi connectivity index (χ0) is 29.7. The van der Waals surface area contributed by atoms with E-state index in [9.17, 15) is 28.0 Å². The standard InChI is InChI=1S/C28H22ClF3N4O4S/c1-15-24(26(38)35-18-6-3-5-16(11-18)28(30,31)32)25(22-7-4-10-40-22)19(13-33)27(34-15)41-14-23(37)36-20-12-17(29)8-9-21(20)39-2/h3-12,25,34H,14H2,1-2H3,(H,35,38)(H,36,37)/t25-/m0/s1. The van der Waals surface area contributed by atoms with E-state index in [1.165, 1.54) is 31.6 Å². The number of halogens is 4. The molecule has 0 radical (unpaired) electrons. The fourth-order valence-corrected chi connectivity index (χ4v) is 5.21. The van der Waals surface area contributed by atoms with E-state index in [-0.39, 0.29) is 28.3 Å². The predicted octanol–water partition coefficient (Wildman–Crippen LogP) is 6.67. The zero-order valence-corrected chi connectivity index (χ0v) is 23.1. The molecule has 0 bridgehead atoms. The highest BCUT2D eigenvalue weighted by Crippen LogP contribution is 2.41. The number of amides is 2. The van der Waals surface area contributed by atoms with E-state index in [0.717, 1.165) is 23.9 Å². The van der Waals surface area contributed by atoms with Gasteiger partial charge in [-0.05, 0) is 55.5 Å². The fourth-order valence-electron chi connectivity index (χ4n) is 4.14. The lowest BCUT2D eigenvalue weighted by Gasteiger charge is -2.28. The molecule has 1 aliphatic rings. The van der Waals surface area contributed by atoms with Crippen molar-refractivity contribution in [3.8, 4) is 11.8 Å². The second-order valence-electron chi connectivity index (χ2n) is 8.68. The normalized spacial score (nSPS) is 15.2. The second kappa shape index (κ2) is 12.4. The number of nitrogens with zero attached hydrogens (tertiary/aromatic N) is 1. The minimum Gasteiger partial charge on any atom is -0.495 e. The van der Waals surface area contributed by atoms with Gasteiger partial charge in [0.15, 0.2) is 0 Å². The van der Waals surface area contributed by atoms with Gasteiger partial charge in [0, 0.05) is 16.4 Å². The summed E-state index contributed by atoms with van der Waals surface area (Å²) in [6.07, 6.45) is -3.21. The average Bonchev–Trinajstić information content (AvgIpc) is 3.46. The number of thioether (sulfide) groups is 1. The fraction of sp³-hybridized carbons (Fsp3) is 0.179. The number of rotatable bonds is 8. The highest BCUT2D eigenvalue weighted by molar-refractivity contribution is 8.03. The van der Waals surface area contributed by atoms with Gasteiger partial charge in [-0.2, -0.15) is 18.4 Å². The van der Waals surface area contributed by atoms with Gasteiger partial charge in [-0.25, -0.2) is 0 Å². The Morgan fingerprint density at radius 3 is 2.61 bits per heavy atom. The largest absolute Gasteiger partial charge is 0.495 e. The SMILES string of the molecule is COc1ccc(Cl)cc1NC(=O)CSC1=C(C#N)[C@@H](c2ccco2)C(C(=O)Nc2cccc(C(F)(F)F)c2)=C(C)N1. The Morgan fingerprint density at radius 2 is 1.95 bits per heavy atom. The van der Waals surface area contributed by atoms with Crippen molar-refractivity contribution < 1.29 is 31.9 Å². The first-order valence-corrected chi connectivity index (χ1v) is 13.3. The van der Waals surface area contributed by atoms with Crippen molar-refractivity contribution in [3.05, 3.63) is 99.1 Å². The van der Waals surface area contributed by atoms with Gasteiger partial charge >= 0.3 is 6.18 Å². The van der Waals surface area contributed by atoms with Crippen molar-refractivity contribution in [2.75, 3.05) is 23.5 Å². The van der Waals surface area contributed by atoms with Crippen molar-refractivity contribution in [1.82, 2.24) is 5.32 Å². The van der Waals surface area contributed by atoms with E-state index < -0.39 is 29.5 Å². The Labute approximate surface area is 242 Å². The minimum atomic E-state index is -4.59. The Hall–Kier alpha value is -4.34. The van der Waals surface area contributed by atoms with E-state index in [4.69, 9.17) is 20.8 Å². The van der Waals surface area contributed by atoms with Gasteiger partial charge in [0.1, 0.15) is 11.5 Å². The molecule has 0 saturated heterocycles. The summed E-state index contributed by atoms with van der Waals surface area (Å²) in [6.45, 7) is 1.59. The molecule has 1 aliphatic heterocycles. The molecule has 0 unspecified atom stereocenters. The summed E-state index contributed by atoms with van der Waals surface area (Å²) in [7, 11) is 1.45. The number of anilines is 2. The smallest absolute Gasteiger partial charge is 0.416 e. The summed E-state index contributed by atoms with van der Waals surface area (Å²) in [5.74, 6) is -1.56. The summed E-state index contributed by atoms with van der Waals surface area (Å²) < 4.78 is 50.4. The van der Waals surface area contributed by atoms with Crippen LogP contribution < -0.4 is 20.7 Å². The number of methoxy groups -OCH3 is 1. The minimum absolute atomic E-state index is 0.0703. The lowest BCUT2D eigenvalue weighted by atomic mass is 9.85. The van der Waals surface area contributed by atoms with Crippen LogP contribution in [0.25, 0.3) is 0 Å². The van der Waals surface area contributed by atoms with E-state index in [1.54, 1.807) is 31.2 Å². The summed E-state index contributed by atoms with van der Waals surface area (Å²) >= 11 is 7.06. The van der Waals surface area contributed by atoms with Gasteiger partial charge in [0.25, 0.3) is 5.91 Å². The first-order valence-electron chi connectivity index (χ1n) is 11.9. The maximum Gasteiger partial charge on any atom is 0.416 e. The third kappa shape index (κ3) is 6.87. The number of carbonyl (C=O) groups excluding carboxylic acids is 2. The number of carbonyl (C=O) groups is 2. The number of benzene rings is 2. The number of nitriles is 1. The van der Waals surface area contributed by atoms with Crippen LogP contribution in [0.1, 0.15) is 24.2 Å². The number of furan rings is 1. The van der Waals surface area contributed by atoms with Crippen LogP contribution in [-0.4, -0.2) is 24.7 Å². The van der Waals surface area contributed by atoms with Crippen LogP contribution in [0.2, 0.25) is 5.02 Å². The number of hydrogen-bond acceptors (Lipinski definition) is 7. The van der Waals surface area contributed by atoms with E-state index >= 15 is 0 Å². The first-order chi connectivity index (χ1) is 19.5. The monoisotopic (exact) mass is 602 g/mol. The molecular weight excluding hydrogens is 581 g/mol. The number of hydrogen-bond donors (Lipinski definition) is 3. The molecule has 8 nitrogen and oxygen atoms in total. The number of nitrogens with one attached hydrogen (secondary N) is 3. The summed E-state index contributed by atoms with van der Waals surface area (Å²) in [5, 5.41) is 19.0. The molecule has 212 valence electrons. The van der Waals surface area contributed by atoms with Crippen molar-refractivity contribution in [2.24, 2.45) is 0 Å². The highest BCUT2D eigenvalue weighted by Gasteiger charge is 2.37. The molecule has 13 heteroatoms. The Balaban J connectivity index is 1.59. The van der Waals surface area contributed by atoms with Gasteiger partial charge in [-0.1, -0.05) is 29.4 Å². The molecule has 1 aromatic heterocycles. The molecule has 1 atom stereocenters. The first kappa shape index (κ1) is 29.6. The predicted molar refractivity (Wildman–Crippen MR) is 149 cm³/mol. The maximum absolute atomic E-state index is 13.4. The number of allylic oxidation sites excluding steroid dienone is 2. The van der Waals surface area contributed by atoms with Gasteiger partial charge in [0.2, 0.25) is 5.91 Å². The molecule has 0 saturated carbocycles. The third-order valence-electron chi connectivity index (χ3n) is 5.95. The second-order valence-corrected chi connectivity index (χ2v) is 10.1. The molecule has 0 fully saturated rings. The molecule has 3 aromatic rings. The zero-order valence-electron chi connectivity index (χ0n) is 21.6. The Kier molecular flexibility index (Phi) is 9.00. The Morgan fingerprint density at radius 1 is 1.17 bits per heavy atom. The highest BCUT2D eigenvalue weighted by atomic mass is 35.5. The summed E-state index contributed by atoms with van der Waals surface area (Å²) in [5.41, 5.74) is -0.122. The number of ether oxygens (including phenoxy) is 1. The van der Waals surface area contributed by atoms with E-state index in [2.05, 4.69) is 22.0 Å². The van der Waals surface area contributed by atoms with Crippen LogP contribution >= 0.6 is 23.4 Å². The summed E-state index contributed by atoms with van der Waals surface area (Å²) in [6, 6.07) is 14.3. The van der Waals surface area contributed by atoms with Crippen LogP contribution in [0.5, 0.6) is 5.75 Å². The molecule has 4 rings (SSSR count). The lowest BCUT2D eigenvalue weighted by Crippen LogP contribution is -2.31. The summed E-state index contributed by atoms with van der Waals surface area (Å²) in [4.78, 5) is 26.2. The molecule has 2 heterocycles. The Bertz CT molecular complexity index is 1580. The van der Waals surface area contributed by atoms with Crippen LogP contribution in [0.3, 0.4) is 0 Å². The van der Waals surface area contributed by atoms with E-state index in [1.807, 2.05) is 0 Å². The van der Waals surface area contributed by atoms with Crippen LogP contribution in [-0.2, 0) is 15.8 Å². The molecule has 2 aromatic carbocycles. The molecule has 41 heavy (non-hydrogen) atoms. The number of alkyl halides is 3. The number of dihydropyridines is 1. The molecule has 0 spiro atoms. The quantitative estimate of drug-likeness (QED) is 0.264. The molecule has 0 aliphatic carbocycles. The van der Waals surface area contributed by atoms with Crippen molar-refractivity contribution in [1.29, 1.82) is 5.26 Å². The van der Waals surface area contributed by atoms with Crippen molar-refractivity contribution in [3.63, 3.8) is 0 Å². The molecule has 2 amide bonds. The van der Waals surface area contributed by atoms with Gasteiger partial charge in [-0.3, -0.25) is 9.59 Å².